The molecule has 0 bridgehead atoms. The fourth-order valence-electron chi connectivity index (χ4n) is 1.78. The molecule has 0 radical (unpaired) electrons. The van der Waals surface area contributed by atoms with Crippen LogP contribution in [-0.4, -0.2) is 24.1 Å². The van der Waals surface area contributed by atoms with Crippen molar-refractivity contribution in [3.63, 3.8) is 0 Å². The molecule has 0 aliphatic carbocycles. The Labute approximate surface area is 97.4 Å². The number of hydrogen-bond donors (Lipinski definition) is 2. The number of para-hydroxylation sites is 1. The molecule has 88 valence electrons. The van der Waals surface area contributed by atoms with E-state index in [1.165, 1.54) is 4.90 Å². The molecule has 0 saturated carbocycles. The molecule has 1 fully saturated rings. The van der Waals surface area contributed by atoms with Crippen molar-refractivity contribution in [1.82, 2.24) is 5.43 Å². The van der Waals surface area contributed by atoms with Crippen LogP contribution >= 0.6 is 0 Å². The Morgan fingerprint density at radius 2 is 2.00 bits per heavy atom. The molecule has 17 heavy (non-hydrogen) atoms. The van der Waals surface area contributed by atoms with Crippen LogP contribution in [0.1, 0.15) is 16.8 Å². The molecule has 0 unspecified atom stereocenters. The maximum absolute atomic E-state index is 11.6. The number of amides is 2. The molecule has 2 rings (SSSR count). The van der Waals surface area contributed by atoms with E-state index in [4.69, 9.17) is 5.84 Å². The molecule has 0 spiro atoms. The summed E-state index contributed by atoms with van der Waals surface area (Å²) in [5, 5.41) is 0. The van der Waals surface area contributed by atoms with Crippen molar-refractivity contribution >= 4 is 23.3 Å². The first-order chi connectivity index (χ1) is 8.13. The minimum absolute atomic E-state index is 0.00764. The summed E-state index contributed by atoms with van der Waals surface area (Å²) in [5.41, 5.74) is 2.69. The second-order valence-electron chi connectivity index (χ2n) is 3.69. The van der Waals surface area contributed by atoms with Gasteiger partial charge >= 0.3 is 0 Å². The van der Waals surface area contributed by atoms with Gasteiger partial charge in [-0.25, -0.2) is 5.84 Å². The molecule has 1 aromatic rings. The lowest BCUT2D eigenvalue weighted by atomic mass is 10.1. The molecule has 1 aromatic carbocycles. The van der Waals surface area contributed by atoms with Gasteiger partial charge < -0.3 is 4.90 Å². The van der Waals surface area contributed by atoms with Crippen LogP contribution in [-0.2, 0) is 9.59 Å². The molecule has 1 aliphatic rings. The molecule has 1 saturated heterocycles. The Bertz CT molecular complexity index is 498. The first-order valence-electron chi connectivity index (χ1n) is 5.05. The Balaban J connectivity index is 2.42. The van der Waals surface area contributed by atoms with Gasteiger partial charge in [0.25, 0.3) is 5.91 Å². The summed E-state index contributed by atoms with van der Waals surface area (Å²) in [6.45, 7) is 0.00764. The third-order valence-corrected chi connectivity index (χ3v) is 2.55. The highest BCUT2D eigenvalue weighted by atomic mass is 16.2. The van der Waals surface area contributed by atoms with Crippen LogP contribution in [0.25, 0.3) is 0 Å². The van der Waals surface area contributed by atoms with Gasteiger partial charge in [-0.1, -0.05) is 12.1 Å². The van der Waals surface area contributed by atoms with Crippen molar-refractivity contribution < 1.29 is 14.4 Å². The Morgan fingerprint density at radius 1 is 1.29 bits per heavy atom. The van der Waals surface area contributed by atoms with Gasteiger partial charge in [0, 0.05) is 0 Å². The first-order valence-corrected chi connectivity index (χ1v) is 5.05. The van der Waals surface area contributed by atoms with Gasteiger partial charge in [-0.15, -0.1) is 0 Å². The fourth-order valence-corrected chi connectivity index (χ4v) is 1.78. The van der Waals surface area contributed by atoms with Gasteiger partial charge in [0.15, 0.2) is 5.78 Å². The van der Waals surface area contributed by atoms with Gasteiger partial charge in [-0.2, -0.15) is 0 Å². The summed E-state index contributed by atoms with van der Waals surface area (Å²) in [5.74, 6) is 4.12. The van der Waals surface area contributed by atoms with Gasteiger partial charge in [-0.05, 0) is 12.1 Å². The number of Topliss-reactive ketones (excluding diaryl/α,β-unsaturated/α-hetero) is 1. The van der Waals surface area contributed by atoms with E-state index in [9.17, 15) is 14.4 Å². The molecule has 6 nitrogen and oxygen atoms in total. The maximum atomic E-state index is 11.6. The second-order valence-corrected chi connectivity index (χ2v) is 3.69. The van der Waals surface area contributed by atoms with Crippen LogP contribution in [0.3, 0.4) is 0 Å². The van der Waals surface area contributed by atoms with E-state index in [0.29, 0.717) is 5.69 Å². The predicted molar refractivity (Wildman–Crippen MR) is 60.1 cm³/mol. The molecule has 0 atom stereocenters. The van der Waals surface area contributed by atoms with Crippen LogP contribution in [0.2, 0.25) is 0 Å². The molecular weight excluding hydrogens is 222 g/mol. The molecule has 3 N–H and O–H groups in total. The average molecular weight is 233 g/mol. The van der Waals surface area contributed by atoms with E-state index in [-0.39, 0.29) is 30.2 Å². The van der Waals surface area contributed by atoms with E-state index in [1.807, 2.05) is 5.43 Å². The smallest absolute Gasteiger partial charge is 0.267 e. The number of anilines is 1. The third-order valence-electron chi connectivity index (χ3n) is 2.55. The van der Waals surface area contributed by atoms with E-state index >= 15 is 0 Å². The summed E-state index contributed by atoms with van der Waals surface area (Å²) >= 11 is 0. The van der Waals surface area contributed by atoms with Gasteiger partial charge in [-0.3, -0.25) is 19.8 Å². The number of nitrogens with one attached hydrogen (secondary N) is 1. The minimum atomic E-state index is -0.493. The second kappa shape index (κ2) is 4.34. The summed E-state index contributed by atoms with van der Waals surface area (Å²) in [6, 6.07) is 6.52. The Kier molecular flexibility index (Phi) is 2.88. The van der Waals surface area contributed by atoms with Crippen LogP contribution in [0.5, 0.6) is 0 Å². The minimum Gasteiger partial charge on any atom is -0.304 e. The van der Waals surface area contributed by atoms with Crippen molar-refractivity contribution in [1.29, 1.82) is 0 Å². The Hall–Kier alpha value is -2.21. The normalized spacial score (nSPS) is 15.2. The van der Waals surface area contributed by atoms with Crippen molar-refractivity contribution in [3.8, 4) is 0 Å². The standard InChI is InChI=1S/C11H11N3O3/c12-13-11(17)8-3-1-2-4-9(8)14-6-7(15)5-10(14)16/h1-4H,5-6,12H2,(H,13,17). The number of carbonyl (C=O) groups is 3. The van der Waals surface area contributed by atoms with Crippen molar-refractivity contribution in [2.45, 2.75) is 6.42 Å². The van der Waals surface area contributed by atoms with Gasteiger partial charge in [0.05, 0.1) is 24.2 Å². The molecule has 1 aliphatic heterocycles. The number of nitrogens with two attached hydrogens (primary N) is 1. The van der Waals surface area contributed by atoms with Crippen LogP contribution in [0, 0.1) is 0 Å². The lowest BCUT2D eigenvalue weighted by Gasteiger charge is -2.17. The van der Waals surface area contributed by atoms with Gasteiger partial charge in [0.1, 0.15) is 0 Å². The number of nitrogens with zero attached hydrogens (tertiary/aromatic N) is 1. The summed E-state index contributed by atoms with van der Waals surface area (Å²) in [6.07, 6.45) is -0.113. The molecule has 1 heterocycles. The zero-order chi connectivity index (χ0) is 12.4. The highest BCUT2D eigenvalue weighted by molar-refractivity contribution is 6.17. The topological polar surface area (TPSA) is 92.5 Å². The molecule has 2 amide bonds. The zero-order valence-electron chi connectivity index (χ0n) is 8.97. The largest absolute Gasteiger partial charge is 0.304 e. The molecular formula is C11H11N3O3. The van der Waals surface area contributed by atoms with Crippen molar-refractivity contribution in [2.75, 3.05) is 11.4 Å². The Morgan fingerprint density at radius 3 is 2.59 bits per heavy atom. The van der Waals surface area contributed by atoms with E-state index in [2.05, 4.69) is 0 Å². The van der Waals surface area contributed by atoms with E-state index in [0.717, 1.165) is 0 Å². The van der Waals surface area contributed by atoms with E-state index < -0.39 is 5.91 Å². The van der Waals surface area contributed by atoms with Crippen LogP contribution in [0.15, 0.2) is 24.3 Å². The number of rotatable bonds is 2. The third kappa shape index (κ3) is 2.02. The maximum Gasteiger partial charge on any atom is 0.267 e. The zero-order valence-corrected chi connectivity index (χ0v) is 8.97. The monoisotopic (exact) mass is 233 g/mol. The quantitative estimate of drug-likeness (QED) is 0.314. The average Bonchev–Trinajstić information content (AvgIpc) is 2.67. The van der Waals surface area contributed by atoms with Crippen molar-refractivity contribution in [3.05, 3.63) is 29.8 Å². The number of hydrogen-bond acceptors (Lipinski definition) is 4. The van der Waals surface area contributed by atoms with Crippen molar-refractivity contribution in [2.24, 2.45) is 5.84 Å². The lowest BCUT2D eigenvalue weighted by Crippen LogP contribution is -2.33. The highest BCUT2D eigenvalue weighted by Gasteiger charge is 2.30. The summed E-state index contributed by atoms with van der Waals surface area (Å²) in [7, 11) is 0. The number of carbonyl (C=O) groups excluding carboxylic acids is 3. The summed E-state index contributed by atoms with van der Waals surface area (Å²) < 4.78 is 0. The SMILES string of the molecule is NNC(=O)c1ccccc1N1CC(=O)CC1=O. The summed E-state index contributed by atoms with van der Waals surface area (Å²) in [4.78, 5) is 35.6. The fraction of sp³-hybridized carbons (Fsp3) is 0.182. The van der Waals surface area contributed by atoms with E-state index in [1.54, 1.807) is 24.3 Å². The number of ketones is 1. The first kappa shape index (κ1) is 11.3. The molecule has 6 heteroatoms. The van der Waals surface area contributed by atoms with Crippen LogP contribution < -0.4 is 16.2 Å². The molecule has 0 aromatic heterocycles. The van der Waals surface area contributed by atoms with Gasteiger partial charge in [0.2, 0.25) is 5.91 Å². The number of hydrazine groups is 1. The number of nitrogen functional groups attached to an aromatic ring is 1. The predicted octanol–water partition coefficient (Wildman–Crippen LogP) is -0.404. The van der Waals surface area contributed by atoms with Crippen LogP contribution in [0.4, 0.5) is 5.69 Å². The number of benzene rings is 1. The lowest BCUT2D eigenvalue weighted by molar-refractivity contribution is -0.121. The highest BCUT2D eigenvalue weighted by Crippen LogP contribution is 2.24.